The van der Waals surface area contributed by atoms with Crippen molar-refractivity contribution in [3.8, 4) is 5.75 Å². The Morgan fingerprint density at radius 2 is 1.67 bits per heavy atom. The Bertz CT molecular complexity index is 1830. The van der Waals surface area contributed by atoms with E-state index in [2.05, 4.69) is 16.0 Å². The topological polar surface area (TPSA) is 132 Å². The molecule has 4 aromatic rings. The van der Waals surface area contributed by atoms with Gasteiger partial charge in [-0.15, -0.1) is 0 Å². The number of carbonyl (C=O) groups excluding carboxylic acids is 3. The minimum atomic E-state index is -0.572. The number of halogens is 1. The van der Waals surface area contributed by atoms with Gasteiger partial charge in [-0.3, -0.25) is 4.79 Å². The summed E-state index contributed by atoms with van der Waals surface area (Å²) in [6, 6.07) is 22.4. The molecule has 5 rings (SSSR count). The molecule has 0 aliphatic carbocycles. The van der Waals surface area contributed by atoms with E-state index in [0.29, 0.717) is 35.8 Å². The van der Waals surface area contributed by atoms with Gasteiger partial charge in [0.1, 0.15) is 11.6 Å². The number of benzene rings is 4. The molecular weight excluding hydrogens is 665 g/mol. The smallest absolute Gasteiger partial charge is 0.323 e. The third kappa shape index (κ3) is 9.98. The highest BCUT2D eigenvalue weighted by Gasteiger charge is 2.31. The quantitative estimate of drug-likeness (QED) is 0.156. The van der Waals surface area contributed by atoms with Crippen LogP contribution < -0.4 is 20.7 Å². The van der Waals surface area contributed by atoms with E-state index in [0.717, 1.165) is 23.6 Å². The largest absolute Gasteiger partial charge is 0.490 e. The first-order valence-electron chi connectivity index (χ1n) is 17.7. The molecule has 5 amide bonds. The highest BCUT2D eigenvalue weighted by atomic mass is 19.1. The van der Waals surface area contributed by atoms with Crippen molar-refractivity contribution >= 4 is 45.8 Å². The summed E-state index contributed by atoms with van der Waals surface area (Å²) >= 11 is 0. The van der Waals surface area contributed by atoms with Crippen molar-refractivity contribution in [2.75, 3.05) is 49.3 Å². The molecule has 4 N–H and O–H groups in total. The van der Waals surface area contributed by atoms with Gasteiger partial charge in [0, 0.05) is 49.4 Å². The van der Waals surface area contributed by atoms with Gasteiger partial charge >= 0.3 is 12.1 Å². The SMILES string of the molecule is C[C@@H]1CCCCO[C@H](CN(C)C(=O)Nc2cccc3ccccc23)[C@@H](C)CN([C@@H](C)CO)C(=O)c2cc(NC(=O)Nc3ccc(F)cc3)ccc2O1. The van der Waals surface area contributed by atoms with E-state index in [1.807, 2.05) is 56.3 Å². The highest BCUT2D eigenvalue weighted by Crippen LogP contribution is 2.29. The number of aliphatic hydroxyl groups is 1. The van der Waals surface area contributed by atoms with Gasteiger partial charge in [0.15, 0.2) is 0 Å². The van der Waals surface area contributed by atoms with Gasteiger partial charge in [-0.2, -0.15) is 0 Å². The zero-order valence-corrected chi connectivity index (χ0v) is 30.1. The molecule has 0 unspecified atom stereocenters. The van der Waals surface area contributed by atoms with E-state index < -0.39 is 29.9 Å². The molecule has 4 aromatic carbocycles. The van der Waals surface area contributed by atoms with Gasteiger partial charge in [-0.05, 0) is 87.0 Å². The second kappa shape index (κ2) is 17.8. The summed E-state index contributed by atoms with van der Waals surface area (Å²) in [5.74, 6) is -0.705. The van der Waals surface area contributed by atoms with Crippen LogP contribution in [0.15, 0.2) is 84.9 Å². The number of aliphatic hydroxyl groups excluding tert-OH is 1. The fourth-order valence-electron chi connectivity index (χ4n) is 6.19. The molecule has 276 valence electrons. The second-order valence-electron chi connectivity index (χ2n) is 13.4. The Kier molecular flexibility index (Phi) is 13.0. The number of urea groups is 2. The number of ether oxygens (including phenoxy) is 2. The zero-order chi connectivity index (χ0) is 37.2. The number of nitrogens with one attached hydrogen (secondary N) is 3. The zero-order valence-electron chi connectivity index (χ0n) is 30.1. The second-order valence-corrected chi connectivity index (χ2v) is 13.4. The minimum Gasteiger partial charge on any atom is -0.490 e. The van der Waals surface area contributed by atoms with Gasteiger partial charge in [0.2, 0.25) is 0 Å². The van der Waals surface area contributed by atoms with Gasteiger partial charge < -0.3 is 40.3 Å². The Balaban J connectivity index is 1.36. The molecule has 0 bridgehead atoms. The lowest BCUT2D eigenvalue weighted by Crippen LogP contribution is -2.48. The summed E-state index contributed by atoms with van der Waals surface area (Å²) in [7, 11) is 1.72. The fraction of sp³-hybridized carbons (Fsp3) is 0.375. The molecule has 52 heavy (non-hydrogen) atoms. The Labute approximate surface area is 304 Å². The normalized spacial score (nSPS) is 19.1. The number of anilines is 3. The molecule has 1 aliphatic rings. The van der Waals surface area contributed by atoms with Crippen molar-refractivity contribution in [3.05, 3.63) is 96.3 Å². The number of hydrogen-bond donors (Lipinski definition) is 4. The Morgan fingerprint density at radius 3 is 2.44 bits per heavy atom. The van der Waals surface area contributed by atoms with E-state index in [1.165, 1.54) is 24.3 Å². The van der Waals surface area contributed by atoms with Crippen molar-refractivity contribution in [1.82, 2.24) is 9.80 Å². The fourth-order valence-corrected chi connectivity index (χ4v) is 6.19. The maximum atomic E-state index is 14.4. The molecule has 4 atom stereocenters. The first kappa shape index (κ1) is 38.0. The van der Waals surface area contributed by atoms with Crippen LogP contribution in [0.25, 0.3) is 10.8 Å². The van der Waals surface area contributed by atoms with Crippen LogP contribution in [0.3, 0.4) is 0 Å². The lowest BCUT2D eigenvalue weighted by Gasteiger charge is -2.35. The summed E-state index contributed by atoms with van der Waals surface area (Å²) in [5, 5.41) is 20.7. The van der Waals surface area contributed by atoms with E-state index in [-0.39, 0.29) is 43.3 Å². The molecule has 0 fully saturated rings. The number of nitrogens with zero attached hydrogens (tertiary/aromatic N) is 2. The molecule has 12 heteroatoms. The molecule has 0 radical (unpaired) electrons. The summed E-state index contributed by atoms with van der Waals surface area (Å²) in [6.07, 6.45) is 1.65. The van der Waals surface area contributed by atoms with E-state index in [4.69, 9.17) is 9.47 Å². The van der Waals surface area contributed by atoms with Crippen molar-refractivity contribution < 1.29 is 33.4 Å². The molecule has 1 aliphatic heterocycles. The molecular formula is C40H48FN5O6. The van der Waals surface area contributed by atoms with Gasteiger partial charge in [-0.1, -0.05) is 43.3 Å². The van der Waals surface area contributed by atoms with Crippen LogP contribution in [-0.2, 0) is 4.74 Å². The first-order valence-corrected chi connectivity index (χ1v) is 17.7. The maximum Gasteiger partial charge on any atom is 0.323 e. The van der Waals surface area contributed by atoms with Crippen LogP contribution >= 0.6 is 0 Å². The summed E-state index contributed by atoms with van der Waals surface area (Å²) in [6.45, 7) is 6.31. The number of rotatable bonds is 7. The van der Waals surface area contributed by atoms with Crippen LogP contribution in [0.5, 0.6) is 5.75 Å². The Hall–Kier alpha value is -5.20. The summed E-state index contributed by atoms with van der Waals surface area (Å²) in [5.41, 5.74) is 1.67. The number of amides is 5. The van der Waals surface area contributed by atoms with Crippen LogP contribution in [0.2, 0.25) is 0 Å². The van der Waals surface area contributed by atoms with E-state index >= 15 is 0 Å². The van der Waals surface area contributed by atoms with Crippen molar-refractivity contribution in [1.29, 1.82) is 0 Å². The molecule has 0 saturated heterocycles. The Morgan fingerprint density at radius 1 is 0.962 bits per heavy atom. The maximum absolute atomic E-state index is 14.4. The number of carbonyl (C=O) groups is 3. The minimum absolute atomic E-state index is 0.210. The van der Waals surface area contributed by atoms with Crippen molar-refractivity contribution in [3.63, 3.8) is 0 Å². The average molecular weight is 714 g/mol. The van der Waals surface area contributed by atoms with Crippen LogP contribution in [0.4, 0.5) is 31.0 Å². The molecule has 11 nitrogen and oxygen atoms in total. The predicted octanol–water partition coefficient (Wildman–Crippen LogP) is 7.58. The average Bonchev–Trinajstić information content (AvgIpc) is 3.13. The van der Waals surface area contributed by atoms with Gasteiger partial charge in [0.05, 0.1) is 36.1 Å². The van der Waals surface area contributed by atoms with Crippen LogP contribution in [-0.4, -0.2) is 84.5 Å². The number of likely N-dealkylation sites (N-methyl/N-ethyl adjacent to an activating group) is 1. The summed E-state index contributed by atoms with van der Waals surface area (Å²) in [4.78, 5) is 43.9. The van der Waals surface area contributed by atoms with E-state index in [1.54, 1.807) is 42.0 Å². The third-order valence-electron chi connectivity index (χ3n) is 9.24. The molecule has 0 aromatic heterocycles. The lowest BCUT2D eigenvalue weighted by atomic mass is 10.0. The molecule has 0 spiro atoms. The van der Waals surface area contributed by atoms with Crippen LogP contribution in [0.1, 0.15) is 50.4 Å². The van der Waals surface area contributed by atoms with Crippen LogP contribution in [0, 0.1) is 11.7 Å². The first-order chi connectivity index (χ1) is 25.0. The summed E-state index contributed by atoms with van der Waals surface area (Å²) < 4.78 is 26.0. The molecule has 0 saturated carbocycles. The monoisotopic (exact) mass is 713 g/mol. The number of hydrogen-bond acceptors (Lipinski definition) is 6. The van der Waals surface area contributed by atoms with Gasteiger partial charge in [0.25, 0.3) is 5.91 Å². The standard InChI is InChI=1S/C40H48FN5O6/c1-26-23-46(27(2)25-47)38(48)34-22-32(43-39(49)42-31-17-15-30(41)16-18-31)19-20-36(34)52-28(3)10-7-8-21-51-37(26)24-45(4)40(50)44-35-14-9-12-29-11-5-6-13-33(29)35/h5-6,9,11-20,22,26-28,37,47H,7-8,10,21,23-25H2,1-4H3,(H,44,50)(H2,42,43,49)/t26-,27-,28+,37+/m0/s1. The highest BCUT2D eigenvalue weighted by molar-refractivity contribution is 6.03. The van der Waals surface area contributed by atoms with Gasteiger partial charge in [-0.25, -0.2) is 14.0 Å². The predicted molar refractivity (Wildman–Crippen MR) is 202 cm³/mol. The third-order valence-corrected chi connectivity index (χ3v) is 9.24. The van der Waals surface area contributed by atoms with Crippen molar-refractivity contribution in [2.45, 2.75) is 58.3 Å². The lowest BCUT2D eigenvalue weighted by molar-refractivity contribution is -0.0115. The number of fused-ring (bicyclic) bond motifs is 2. The van der Waals surface area contributed by atoms with Crippen molar-refractivity contribution in [2.24, 2.45) is 5.92 Å². The molecule has 1 heterocycles. The van der Waals surface area contributed by atoms with E-state index in [9.17, 15) is 23.9 Å².